The maximum absolute atomic E-state index is 6.37. The van der Waals surface area contributed by atoms with Crippen molar-refractivity contribution in [2.75, 3.05) is 6.61 Å². The van der Waals surface area contributed by atoms with Crippen LogP contribution in [0.4, 0.5) is 0 Å². The lowest BCUT2D eigenvalue weighted by atomic mass is 9.76. The van der Waals surface area contributed by atoms with E-state index in [1.165, 1.54) is 5.56 Å². The summed E-state index contributed by atoms with van der Waals surface area (Å²) in [5.74, 6) is 0. The van der Waals surface area contributed by atoms with Gasteiger partial charge in [0.1, 0.15) is 0 Å². The first-order chi connectivity index (χ1) is 13.7. The van der Waals surface area contributed by atoms with Crippen molar-refractivity contribution in [3.63, 3.8) is 0 Å². The predicted octanol–water partition coefficient (Wildman–Crippen LogP) is 4.52. The fourth-order valence-electron chi connectivity index (χ4n) is 3.49. The van der Waals surface area contributed by atoms with Crippen molar-refractivity contribution in [2.45, 2.75) is 25.5 Å². The zero-order chi connectivity index (χ0) is 19.4. The topological polar surface area (TPSA) is 30.8 Å². The molecule has 3 aromatic rings. The number of hydrogen-bond donors (Lipinski definition) is 0. The first kappa shape index (κ1) is 18.7. The molecule has 0 aliphatic carbocycles. The fraction of sp³-hybridized carbons (Fsp3) is 0.208. The van der Waals surface area contributed by atoms with Gasteiger partial charge in [0, 0.05) is 6.21 Å². The van der Waals surface area contributed by atoms with Crippen molar-refractivity contribution in [3.05, 3.63) is 102 Å². The van der Waals surface area contributed by atoms with E-state index in [4.69, 9.17) is 14.3 Å². The third kappa shape index (κ3) is 3.94. The summed E-state index contributed by atoms with van der Waals surface area (Å²) in [5, 5.41) is 0. The zero-order valence-electron chi connectivity index (χ0n) is 16.3. The van der Waals surface area contributed by atoms with Crippen LogP contribution in [0.5, 0.6) is 0 Å². The molecule has 3 aromatic carbocycles. The summed E-state index contributed by atoms with van der Waals surface area (Å²) in [6.45, 7) is 4.70. The van der Waals surface area contributed by atoms with Gasteiger partial charge in [-0.3, -0.25) is 4.99 Å². The Hall–Kier alpha value is -2.69. The third-order valence-corrected chi connectivity index (χ3v) is 5.23. The van der Waals surface area contributed by atoms with E-state index in [9.17, 15) is 0 Å². The van der Waals surface area contributed by atoms with Gasteiger partial charge in [0.15, 0.2) is 0 Å². The van der Waals surface area contributed by atoms with Crippen molar-refractivity contribution >= 4 is 18.8 Å². The molecule has 1 aliphatic heterocycles. The van der Waals surface area contributed by atoms with Crippen LogP contribution in [-0.4, -0.2) is 19.9 Å². The lowest BCUT2D eigenvalue weighted by Crippen LogP contribution is -2.37. The second-order valence-electron chi connectivity index (χ2n) is 7.35. The Bertz CT molecular complexity index is 945. The molecule has 4 rings (SSSR count). The first-order valence-electron chi connectivity index (χ1n) is 9.68. The van der Waals surface area contributed by atoms with Crippen molar-refractivity contribution in [2.24, 2.45) is 4.99 Å². The van der Waals surface area contributed by atoms with Crippen LogP contribution in [0.25, 0.3) is 0 Å². The molecular formula is C24H24BNO2. The highest BCUT2D eigenvalue weighted by Crippen LogP contribution is 2.31. The number of aliphatic imine (C=N–C) groups is 1. The summed E-state index contributed by atoms with van der Waals surface area (Å²) < 4.78 is 12.4. The molecule has 1 heterocycles. The SMILES string of the molecule is C[C@H](N=Cc1ccccc1B1OC[C@@](C)(c2ccccc2)O1)c1ccccc1. The molecule has 2 atom stereocenters. The van der Waals surface area contributed by atoms with Gasteiger partial charge in [0.25, 0.3) is 0 Å². The molecule has 0 unspecified atom stereocenters. The summed E-state index contributed by atoms with van der Waals surface area (Å²) in [5.41, 5.74) is 3.90. The number of benzene rings is 3. The number of nitrogens with zero attached hydrogens (tertiary/aromatic N) is 1. The van der Waals surface area contributed by atoms with Crippen LogP contribution < -0.4 is 5.46 Å². The van der Waals surface area contributed by atoms with Crippen LogP contribution in [0.3, 0.4) is 0 Å². The largest absolute Gasteiger partial charge is 0.495 e. The highest BCUT2D eigenvalue weighted by Gasteiger charge is 2.43. The van der Waals surface area contributed by atoms with Crippen LogP contribution in [0.1, 0.15) is 36.6 Å². The molecule has 0 aromatic heterocycles. The Kier molecular flexibility index (Phi) is 5.42. The Morgan fingerprint density at radius 3 is 2.32 bits per heavy atom. The molecule has 0 spiro atoms. The molecule has 3 nitrogen and oxygen atoms in total. The molecule has 1 fully saturated rings. The predicted molar refractivity (Wildman–Crippen MR) is 115 cm³/mol. The van der Waals surface area contributed by atoms with E-state index >= 15 is 0 Å². The van der Waals surface area contributed by atoms with E-state index in [2.05, 4.69) is 50.2 Å². The van der Waals surface area contributed by atoms with Gasteiger partial charge < -0.3 is 9.31 Å². The van der Waals surface area contributed by atoms with Gasteiger partial charge >= 0.3 is 7.12 Å². The Balaban J connectivity index is 1.55. The molecule has 4 heteroatoms. The van der Waals surface area contributed by atoms with E-state index in [-0.39, 0.29) is 6.04 Å². The van der Waals surface area contributed by atoms with Gasteiger partial charge in [-0.15, -0.1) is 0 Å². The smallest absolute Gasteiger partial charge is 0.404 e. The minimum atomic E-state index is -0.451. The van der Waals surface area contributed by atoms with Gasteiger partial charge in [-0.25, -0.2) is 0 Å². The van der Waals surface area contributed by atoms with Gasteiger partial charge in [-0.1, -0.05) is 84.9 Å². The van der Waals surface area contributed by atoms with Gasteiger partial charge in [0.05, 0.1) is 18.2 Å². The first-order valence-corrected chi connectivity index (χ1v) is 9.68. The molecule has 1 saturated heterocycles. The fourth-order valence-corrected chi connectivity index (χ4v) is 3.49. The maximum atomic E-state index is 6.37. The Morgan fingerprint density at radius 1 is 0.929 bits per heavy atom. The molecule has 0 bridgehead atoms. The van der Waals surface area contributed by atoms with Crippen molar-refractivity contribution in [1.29, 1.82) is 0 Å². The quantitative estimate of drug-likeness (QED) is 0.489. The molecule has 1 aliphatic rings. The second kappa shape index (κ2) is 8.13. The molecule has 0 saturated carbocycles. The van der Waals surface area contributed by atoms with Crippen LogP contribution in [0.15, 0.2) is 89.9 Å². The molecule has 0 radical (unpaired) electrons. The lowest BCUT2D eigenvalue weighted by molar-refractivity contribution is 0.114. The molecule has 0 N–H and O–H groups in total. The Morgan fingerprint density at radius 2 is 1.57 bits per heavy atom. The zero-order valence-corrected chi connectivity index (χ0v) is 16.3. The number of rotatable bonds is 5. The summed E-state index contributed by atoms with van der Waals surface area (Å²) in [6, 6.07) is 28.8. The van der Waals surface area contributed by atoms with Crippen LogP contribution in [0.2, 0.25) is 0 Å². The Labute approximate surface area is 167 Å². The van der Waals surface area contributed by atoms with Crippen molar-refractivity contribution in [1.82, 2.24) is 0 Å². The van der Waals surface area contributed by atoms with Crippen molar-refractivity contribution < 1.29 is 9.31 Å². The average molecular weight is 369 g/mol. The summed E-state index contributed by atoms with van der Waals surface area (Å²) >= 11 is 0. The molecular weight excluding hydrogens is 345 g/mol. The highest BCUT2D eigenvalue weighted by molar-refractivity contribution is 6.63. The summed E-state index contributed by atoms with van der Waals surface area (Å²) in [6.07, 6.45) is 1.93. The standard InChI is InChI=1S/C24H24BNO2/c1-19(20-11-5-3-6-12-20)26-17-21-13-9-10-16-23(21)25-27-18-24(2,28-25)22-14-7-4-8-15-22/h3-17,19H,18H2,1-2H3/t19-,24-/m0/s1. The maximum Gasteiger partial charge on any atom is 0.495 e. The molecule has 0 amide bonds. The third-order valence-electron chi connectivity index (χ3n) is 5.23. The van der Waals surface area contributed by atoms with E-state index in [1.54, 1.807) is 0 Å². The minimum absolute atomic E-state index is 0.0919. The number of hydrogen-bond acceptors (Lipinski definition) is 3. The molecule has 140 valence electrons. The van der Waals surface area contributed by atoms with Crippen LogP contribution >= 0.6 is 0 Å². The van der Waals surface area contributed by atoms with Gasteiger partial charge in [0.2, 0.25) is 0 Å². The highest BCUT2D eigenvalue weighted by atomic mass is 16.7. The van der Waals surface area contributed by atoms with Crippen LogP contribution in [-0.2, 0) is 14.9 Å². The monoisotopic (exact) mass is 369 g/mol. The normalized spacial score (nSPS) is 20.6. The van der Waals surface area contributed by atoms with Gasteiger partial charge in [-0.2, -0.15) is 0 Å². The van der Waals surface area contributed by atoms with Crippen molar-refractivity contribution in [3.8, 4) is 0 Å². The van der Waals surface area contributed by atoms with Gasteiger partial charge in [-0.05, 0) is 36.0 Å². The minimum Gasteiger partial charge on any atom is -0.404 e. The van der Waals surface area contributed by atoms with E-state index in [0.29, 0.717) is 6.61 Å². The van der Waals surface area contributed by atoms with E-state index in [0.717, 1.165) is 16.6 Å². The average Bonchev–Trinajstić information content (AvgIpc) is 3.17. The van der Waals surface area contributed by atoms with E-state index in [1.807, 2.05) is 54.7 Å². The lowest BCUT2D eigenvalue weighted by Gasteiger charge is -2.23. The van der Waals surface area contributed by atoms with E-state index < -0.39 is 12.7 Å². The second-order valence-corrected chi connectivity index (χ2v) is 7.35. The summed E-state index contributed by atoms with van der Waals surface area (Å²) in [4.78, 5) is 4.76. The summed E-state index contributed by atoms with van der Waals surface area (Å²) in [7, 11) is -0.403. The van der Waals surface area contributed by atoms with Crippen LogP contribution in [0, 0.1) is 0 Å². The molecule has 28 heavy (non-hydrogen) atoms.